The van der Waals surface area contributed by atoms with Crippen molar-refractivity contribution >= 4 is 0 Å². The molecule has 2 unspecified atom stereocenters. The van der Waals surface area contributed by atoms with E-state index < -0.39 is 0 Å². The fraction of sp³-hybridized carbons (Fsp3) is 0.667. The monoisotopic (exact) mass is 270 g/mol. The molecule has 108 valence electrons. The Bertz CT molecular complexity index is 462. The molecule has 20 heavy (non-hydrogen) atoms. The highest BCUT2D eigenvalue weighted by atomic mass is 15.3. The fourth-order valence-electron chi connectivity index (χ4n) is 4.14. The van der Waals surface area contributed by atoms with Crippen LogP contribution in [-0.2, 0) is 0 Å². The Labute approximate surface area is 122 Å². The SMILES string of the molecule is CC1(N2CC(C3CC3)NCC2c2ccccc2)CCC1. The summed E-state index contributed by atoms with van der Waals surface area (Å²) >= 11 is 0. The molecule has 4 rings (SSSR count). The van der Waals surface area contributed by atoms with E-state index >= 15 is 0 Å². The second kappa shape index (κ2) is 4.85. The Morgan fingerprint density at radius 2 is 1.90 bits per heavy atom. The smallest absolute Gasteiger partial charge is 0.0478 e. The average Bonchev–Trinajstić information content (AvgIpc) is 3.30. The summed E-state index contributed by atoms with van der Waals surface area (Å²) in [5.74, 6) is 0.956. The predicted octanol–water partition coefficient (Wildman–Crippen LogP) is 3.35. The summed E-state index contributed by atoms with van der Waals surface area (Å²) in [6, 6.07) is 12.4. The van der Waals surface area contributed by atoms with Crippen molar-refractivity contribution in [3.05, 3.63) is 35.9 Å². The lowest BCUT2D eigenvalue weighted by atomic mass is 9.75. The molecule has 0 radical (unpaired) electrons. The first kappa shape index (κ1) is 12.8. The zero-order valence-corrected chi connectivity index (χ0v) is 12.5. The van der Waals surface area contributed by atoms with E-state index in [0.29, 0.717) is 11.6 Å². The van der Waals surface area contributed by atoms with Gasteiger partial charge >= 0.3 is 0 Å². The maximum atomic E-state index is 3.84. The minimum atomic E-state index is 0.454. The molecule has 2 aliphatic carbocycles. The fourth-order valence-corrected chi connectivity index (χ4v) is 4.14. The van der Waals surface area contributed by atoms with E-state index in [4.69, 9.17) is 0 Å². The van der Waals surface area contributed by atoms with Gasteiger partial charge in [-0.05, 0) is 50.5 Å². The molecule has 1 N–H and O–H groups in total. The Kier molecular flexibility index (Phi) is 3.12. The van der Waals surface area contributed by atoms with E-state index in [0.717, 1.165) is 18.5 Å². The minimum Gasteiger partial charge on any atom is -0.311 e. The number of benzene rings is 1. The highest BCUT2D eigenvalue weighted by molar-refractivity contribution is 5.22. The van der Waals surface area contributed by atoms with Gasteiger partial charge in [0.1, 0.15) is 0 Å². The zero-order valence-electron chi connectivity index (χ0n) is 12.5. The normalized spacial score (nSPS) is 33.6. The third-order valence-corrected chi connectivity index (χ3v) is 5.84. The van der Waals surface area contributed by atoms with Gasteiger partial charge in [0.25, 0.3) is 0 Å². The molecule has 2 saturated carbocycles. The number of rotatable bonds is 3. The summed E-state index contributed by atoms with van der Waals surface area (Å²) in [6.45, 7) is 4.86. The second-order valence-corrected chi connectivity index (χ2v) is 7.28. The first-order valence-electron chi connectivity index (χ1n) is 8.31. The lowest BCUT2D eigenvalue weighted by Crippen LogP contribution is -2.62. The van der Waals surface area contributed by atoms with Crippen LogP contribution in [-0.4, -0.2) is 29.6 Å². The van der Waals surface area contributed by atoms with Crippen LogP contribution < -0.4 is 5.32 Å². The molecular formula is C18H26N2. The van der Waals surface area contributed by atoms with Crippen molar-refractivity contribution in [2.45, 2.75) is 56.7 Å². The maximum Gasteiger partial charge on any atom is 0.0478 e. The van der Waals surface area contributed by atoms with Crippen LogP contribution in [0.3, 0.4) is 0 Å². The molecule has 2 heteroatoms. The van der Waals surface area contributed by atoms with Crippen molar-refractivity contribution in [1.82, 2.24) is 10.2 Å². The van der Waals surface area contributed by atoms with Crippen molar-refractivity contribution in [3.63, 3.8) is 0 Å². The third kappa shape index (κ3) is 2.19. The van der Waals surface area contributed by atoms with Crippen LogP contribution in [0.4, 0.5) is 0 Å². The summed E-state index contributed by atoms with van der Waals surface area (Å²) in [5.41, 5.74) is 1.94. The lowest BCUT2D eigenvalue weighted by Gasteiger charge is -2.55. The van der Waals surface area contributed by atoms with E-state index in [1.807, 2.05) is 0 Å². The van der Waals surface area contributed by atoms with Gasteiger partial charge in [-0.1, -0.05) is 30.3 Å². The van der Waals surface area contributed by atoms with Gasteiger partial charge in [-0.25, -0.2) is 0 Å². The molecule has 3 fully saturated rings. The number of hydrogen-bond donors (Lipinski definition) is 1. The summed E-state index contributed by atoms with van der Waals surface area (Å²) in [4.78, 5) is 2.84. The molecule has 1 aliphatic heterocycles. The molecule has 1 saturated heterocycles. The van der Waals surface area contributed by atoms with Crippen LogP contribution in [0, 0.1) is 5.92 Å². The van der Waals surface area contributed by atoms with Crippen LogP contribution in [0.25, 0.3) is 0 Å². The molecule has 0 spiro atoms. The van der Waals surface area contributed by atoms with Crippen molar-refractivity contribution in [1.29, 1.82) is 0 Å². The van der Waals surface area contributed by atoms with Gasteiger partial charge in [0, 0.05) is 30.7 Å². The van der Waals surface area contributed by atoms with Gasteiger partial charge in [-0.2, -0.15) is 0 Å². The van der Waals surface area contributed by atoms with Gasteiger partial charge in [0.15, 0.2) is 0 Å². The Hall–Kier alpha value is -0.860. The largest absolute Gasteiger partial charge is 0.311 e. The molecule has 1 aromatic rings. The van der Waals surface area contributed by atoms with Crippen LogP contribution in [0.5, 0.6) is 0 Å². The van der Waals surface area contributed by atoms with Gasteiger partial charge in [0.2, 0.25) is 0 Å². The quantitative estimate of drug-likeness (QED) is 0.906. The lowest BCUT2D eigenvalue weighted by molar-refractivity contribution is -0.0321. The van der Waals surface area contributed by atoms with E-state index in [1.54, 1.807) is 0 Å². The van der Waals surface area contributed by atoms with E-state index in [1.165, 1.54) is 44.2 Å². The standard InChI is InChI=1S/C18H26N2/c1-18(10-5-11-18)20-13-16(14-8-9-14)19-12-17(20)15-6-3-2-4-7-15/h2-4,6-7,14,16-17,19H,5,8-13H2,1H3. The summed E-state index contributed by atoms with van der Waals surface area (Å²) in [6.07, 6.45) is 7.06. The first-order chi connectivity index (χ1) is 9.76. The van der Waals surface area contributed by atoms with Gasteiger partial charge in [-0.15, -0.1) is 0 Å². The number of nitrogens with one attached hydrogen (secondary N) is 1. The van der Waals surface area contributed by atoms with Gasteiger partial charge in [-0.3, -0.25) is 4.90 Å². The third-order valence-electron chi connectivity index (χ3n) is 5.84. The highest BCUT2D eigenvalue weighted by Crippen LogP contribution is 2.45. The molecule has 0 amide bonds. The maximum absolute atomic E-state index is 3.84. The minimum absolute atomic E-state index is 0.454. The van der Waals surface area contributed by atoms with E-state index in [-0.39, 0.29) is 0 Å². The molecule has 0 bridgehead atoms. The van der Waals surface area contributed by atoms with Crippen molar-refractivity contribution < 1.29 is 0 Å². The van der Waals surface area contributed by atoms with Crippen molar-refractivity contribution in [3.8, 4) is 0 Å². The number of hydrogen-bond acceptors (Lipinski definition) is 2. The topological polar surface area (TPSA) is 15.3 Å². The second-order valence-electron chi connectivity index (χ2n) is 7.28. The molecule has 3 aliphatic rings. The summed E-state index contributed by atoms with van der Waals surface area (Å²) in [5, 5.41) is 3.84. The number of nitrogens with zero attached hydrogens (tertiary/aromatic N) is 1. The number of piperazine rings is 1. The van der Waals surface area contributed by atoms with E-state index in [9.17, 15) is 0 Å². The van der Waals surface area contributed by atoms with E-state index in [2.05, 4.69) is 47.5 Å². The summed E-state index contributed by atoms with van der Waals surface area (Å²) < 4.78 is 0. The molecule has 1 heterocycles. The first-order valence-corrected chi connectivity index (χ1v) is 8.31. The van der Waals surface area contributed by atoms with Crippen LogP contribution in [0.15, 0.2) is 30.3 Å². The molecule has 0 aromatic heterocycles. The predicted molar refractivity (Wildman–Crippen MR) is 82.7 cm³/mol. The van der Waals surface area contributed by atoms with Crippen LogP contribution >= 0.6 is 0 Å². The van der Waals surface area contributed by atoms with Crippen LogP contribution in [0.2, 0.25) is 0 Å². The van der Waals surface area contributed by atoms with Crippen molar-refractivity contribution in [2.24, 2.45) is 5.92 Å². The van der Waals surface area contributed by atoms with Gasteiger partial charge in [0.05, 0.1) is 0 Å². The molecule has 1 aromatic carbocycles. The van der Waals surface area contributed by atoms with Gasteiger partial charge < -0.3 is 5.32 Å². The average molecular weight is 270 g/mol. The van der Waals surface area contributed by atoms with Crippen molar-refractivity contribution in [2.75, 3.05) is 13.1 Å². The molecule has 2 atom stereocenters. The Morgan fingerprint density at radius 1 is 1.15 bits per heavy atom. The Morgan fingerprint density at radius 3 is 2.50 bits per heavy atom. The zero-order chi connectivity index (χ0) is 13.6. The molecular weight excluding hydrogens is 244 g/mol. The summed E-state index contributed by atoms with van der Waals surface area (Å²) in [7, 11) is 0. The Balaban J connectivity index is 1.59. The molecule has 2 nitrogen and oxygen atoms in total. The highest BCUT2D eigenvalue weighted by Gasteiger charge is 2.46. The van der Waals surface area contributed by atoms with Crippen LogP contribution in [0.1, 0.15) is 50.6 Å².